The summed E-state index contributed by atoms with van der Waals surface area (Å²) in [4.78, 5) is 0. The van der Waals surface area contributed by atoms with E-state index in [1.807, 2.05) is 6.07 Å². The average Bonchev–Trinajstić information content (AvgIpc) is 2.81. The Bertz CT molecular complexity index is 489. The van der Waals surface area contributed by atoms with Gasteiger partial charge in [0.25, 0.3) is 0 Å². The largest absolute Gasteiger partial charge is 0.467 e. The van der Waals surface area contributed by atoms with Gasteiger partial charge in [-0.05, 0) is 46.5 Å². The Hall–Kier alpha value is -1.06. The summed E-state index contributed by atoms with van der Waals surface area (Å²) in [6.07, 6.45) is 2.78. The molecule has 1 N–H and O–H groups in total. The van der Waals surface area contributed by atoms with Crippen LogP contribution in [0.4, 0.5) is 0 Å². The predicted molar refractivity (Wildman–Crippen MR) is 77.5 cm³/mol. The molecule has 1 heterocycles. The molecule has 0 aliphatic rings. The quantitative estimate of drug-likeness (QED) is 0.882. The van der Waals surface area contributed by atoms with Crippen molar-refractivity contribution in [3.05, 3.63) is 58.0 Å². The summed E-state index contributed by atoms with van der Waals surface area (Å²) >= 11 is 3.46. The van der Waals surface area contributed by atoms with Crippen molar-refractivity contribution in [1.29, 1.82) is 0 Å². The predicted octanol–water partition coefficient (Wildman–Crippen LogP) is 4.46. The van der Waals surface area contributed by atoms with Crippen molar-refractivity contribution in [2.75, 3.05) is 0 Å². The van der Waals surface area contributed by atoms with Crippen LogP contribution in [0.25, 0.3) is 0 Å². The fraction of sp³-hybridized carbons (Fsp3) is 0.333. The van der Waals surface area contributed by atoms with Crippen molar-refractivity contribution in [3.63, 3.8) is 0 Å². The number of aryl methyl sites for hydroxylation is 1. The Kier molecular flexibility index (Phi) is 4.61. The van der Waals surface area contributed by atoms with Crippen LogP contribution in [0.5, 0.6) is 0 Å². The molecule has 1 aromatic heterocycles. The van der Waals surface area contributed by atoms with E-state index < -0.39 is 0 Å². The molecule has 2 nitrogen and oxygen atoms in total. The highest BCUT2D eigenvalue weighted by Crippen LogP contribution is 2.19. The van der Waals surface area contributed by atoms with Crippen LogP contribution in [0, 0.1) is 0 Å². The summed E-state index contributed by atoms with van der Waals surface area (Å²) < 4.78 is 6.39. The van der Waals surface area contributed by atoms with Crippen LogP contribution in [-0.2, 0) is 13.0 Å². The third-order valence-corrected chi connectivity index (χ3v) is 3.85. The van der Waals surface area contributed by atoms with E-state index in [4.69, 9.17) is 4.42 Å². The summed E-state index contributed by atoms with van der Waals surface area (Å²) in [6.45, 7) is 5.06. The maximum atomic E-state index is 5.38. The molecule has 0 radical (unpaired) electrons. The molecule has 1 atom stereocenters. The summed E-state index contributed by atoms with van der Waals surface area (Å²) in [5.74, 6) is 0.937. The van der Waals surface area contributed by atoms with E-state index in [2.05, 4.69) is 59.4 Å². The number of nitrogens with one attached hydrogen (secondary N) is 1. The molecule has 0 amide bonds. The smallest absolute Gasteiger partial charge is 0.131 e. The van der Waals surface area contributed by atoms with Gasteiger partial charge >= 0.3 is 0 Å². The first-order chi connectivity index (χ1) is 8.70. The van der Waals surface area contributed by atoms with E-state index in [-0.39, 0.29) is 0 Å². The molecular weight excluding hydrogens is 290 g/mol. The average molecular weight is 308 g/mol. The maximum absolute atomic E-state index is 5.38. The van der Waals surface area contributed by atoms with E-state index in [9.17, 15) is 0 Å². The second-order valence-electron chi connectivity index (χ2n) is 4.39. The van der Waals surface area contributed by atoms with E-state index in [0.29, 0.717) is 6.04 Å². The molecule has 0 saturated carbocycles. The van der Waals surface area contributed by atoms with Crippen LogP contribution >= 0.6 is 15.9 Å². The molecule has 0 saturated heterocycles. The van der Waals surface area contributed by atoms with Crippen LogP contribution < -0.4 is 5.32 Å². The number of hydrogen-bond donors (Lipinski definition) is 1. The van der Waals surface area contributed by atoms with Gasteiger partial charge in [-0.3, -0.25) is 0 Å². The highest BCUT2D eigenvalue weighted by Gasteiger charge is 2.08. The van der Waals surface area contributed by atoms with Crippen molar-refractivity contribution >= 4 is 15.9 Å². The summed E-state index contributed by atoms with van der Waals surface area (Å²) in [6, 6.07) is 11.0. The van der Waals surface area contributed by atoms with Crippen molar-refractivity contribution in [2.24, 2.45) is 0 Å². The van der Waals surface area contributed by atoms with Gasteiger partial charge in [0.15, 0.2) is 0 Å². The molecule has 1 unspecified atom stereocenters. The molecule has 3 heteroatoms. The summed E-state index contributed by atoms with van der Waals surface area (Å²) in [5.41, 5.74) is 2.68. The lowest BCUT2D eigenvalue weighted by Gasteiger charge is -2.14. The van der Waals surface area contributed by atoms with Gasteiger partial charge in [0, 0.05) is 6.04 Å². The van der Waals surface area contributed by atoms with Gasteiger partial charge in [-0.1, -0.05) is 31.2 Å². The van der Waals surface area contributed by atoms with Gasteiger partial charge in [-0.25, -0.2) is 0 Å². The third kappa shape index (κ3) is 3.24. The van der Waals surface area contributed by atoms with Crippen molar-refractivity contribution < 1.29 is 4.42 Å². The van der Waals surface area contributed by atoms with Gasteiger partial charge in [-0.2, -0.15) is 0 Å². The van der Waals surface area contributed by atoms with Crippen LogP contribution in [0.3, 0.4) is 0 Å². The minimum absolute atomic E-state index is 0.313. The number of benzene rings is 1. The molecule has 2 rings (SSSR count). The minimum atomic E-state index is 0.313. The topological polar surface area (TPSA) is 25.2 Å². The van der Waals surface area contributed by atoms with E-state index >= 15 is 0 Å². The Morgan fingerprint density at radius 1 is 1.22 bits per heavy atom. The van der Waals surface area contributed by atoms with Crippen LogP contribution in [0.2, 0.25) is 0 Å². The van der Waals surface area contributed by atoms with Gasteiger partial charge in [0.2, 0.25) is 0 Å². The second kappa shape index (κ2) is 6.21. The highest BCUT2D eigenvalue weighted by molar-refractivity contribution is 9.10. The molecule has 1 aromatic carbocycles. The monoisotopic (exact) mass is 307 g/mol. The first-order valence-electron chi connectivity index (χ1n) is 6.24. The van der Waals surface area contributed by atoms with Gasteiger partial charge in [0.05, 0.1) is 17.3 Å². The van der Waals surface area contributed by atoms with E-state index in [0.717, 1.165) is 23.2 Å². The zero-order valence-electron chi connectivity index (χ0n) is 10.7. The molecule has 0 aliphatic heterocycles. The zero-order valence-corrected chi connectivity index (χ0v) is 12.3. The van der Waals surface area contributed by atoms with Crippen LogP contribution in [0.1, 0.15) is 36.8 Å². The molecule has 0 bridgehead atoms. The summed E-state index contributed by atoms with van der Waals surface area (Å²) in [5, 5.41) is 3.46. The Morgan fingerprint density at radius 2 is 1.94 bits per heavy atom. The number of halogens is 1. The zero-order chi connectivity index (χ0) is 13.0. The number of rotatable bonds is 5. The third-order valence-electron chi connectivity index (χ3n) is 3.15. The fourth-order valence-corrected chi connectivity index (χ4v) is 2.20. The SMILES string of the molecule is CCc1ccc(C(C)NCc2occc2Br)cc1. The van der Waals surface area contributed by atoms with Gasteiger partial charge < -0.3 is 9.73 Å². The molecule has 0 spiro atoms. The van der Waals surface area contributed by atoms with Gasteiger partial charge in [-0.15, -0.1) is 0 Å². The van der Waals surface area contributed by atoms with E-state index in [1.165, 1.54) is 11.1 Å². The maximum Gasteiger partial charge on any atom is 0.131 e. The number of furan rings is 1. The lowest BCUT2D eigenvalue weighted by Crippen LogP contribution is -2.17. The first kappa shape index (κ1) is 13.4. The van der Waals surface area contributed by atoms with Crippen molar-refractivity contribution in [3.8, 4) is 0 Å². The lowest BCUT2D eigenvalue weighted by atomic mass is 10.1. The molecule has 96 valence electrons. The Morgan fingerprint density at radius 3 is 2.50 bits per heavy atom. The number of hydrogen-bond acceptors (Lipinski definition) is 2. The van der Waals surface area contributed by atoms with E-state index in [1.54, 1.807) is 6.26 Å². The standard InChI is InChI=1S/C15H18BrNO/c1-3-12-4-6-13(7-5-12)11(2)17-10-15-14(16)8-9-18-15/h4-9,11,17H,3,10H2,1-2H3. The first-order valence-corrected chi connectivity index (χ1v) is 7.04. The highest BCUT2D eigenvalue weighted by atomic mass is 79.9. The Balaban J connectivity index is 1.94. The summed E-state index contributed by atoms with van der Waals surface area (Å²) in [7, 11) is 0. The van der Waals surface area contributed by atoms with Crippen LogP contribution in [0.15, 0.2) is 45.5 Å². The second-order valence-corrected chi connectivity index (χ2v) is 5.24. The van der Waals surface area contributed by atoms with Gasteiger partial charge in [0.1, 0.15) is 5.76 Å². The molecular formula is C15H18BrNO. The Labute approximate surface area is 117 Å². The van der Waals surface area contributed by atoms with Crippen molar-refractivity contribution in [1.82, 2.24) is 5.32 Å². The normalized spacial score (nSPS) is 12.6. The molecule has 2 aromatic rings. The fourth-order valence-electron chi connectivity index (χ4n) is 1.86. The van der Waals surface area contributed by atoms with Crippen LogP contribution in [-0.4, -0.2) is 0 Å². The lowest BCUT2D eigenvalue weighted by molar-refractivity contribution is 0.458. The molecule has 0 aliphatic carbocycles. The minimum Gasteiger partial charge on any atom is -0.467 e. The molecule has 0 fully saturated rings. The van der Waals surface area contributed by atoms with Crippen molar-refractivity contribution in [2.45, 2.75) is 32.9 Å². The molecule has 18 heavy (non-hydrogen) atoms.